The van der Waals surface area contributed by atoms with Crippen molar-refractivity contribution in [1.82, 2.24) is 0 Å². The van der Waals surface area contributed by atoms with Crippen LogP contribution in [0.25, 0.3) is 0 Å². The molecule has 0 amide bonds. The van der Waals surface area contributed by atoms with E-state index in [0.29, 0.717) is 0 Å². The Hall–Kier alpha value is -0.490. The van der Waals surface area contributed by atoms with E-state index in [9.17, 15) is 0 Å². The molecule has 64 valence electrons. The van der Waals surface area contributed by atoms with Gasteiger partial charge in [-0.05, 0) is 42.9 Å². The first-order valence-electron chi connectivity index (χ1n) is 4.53. The number of benzene rings is 1. The molecule has 0 bridgehead atoms. The van der Waals surface area contributed by atoms with Crippen molar-refractivity contribution >= 4 is 11.6 Å². The summed E-state index contributed by atoms with van der Waals surface area (Å²) < 4.78 is 0. The van der Waals surface area contributed by atoms with Crippen LogP contribution in [0.3, 0.4) is 0 Å². The van der Waals surface area contributed by atoms with Crippen molar-refractivity contribution in [2.45, 2.75) is 31.6 Å². The first-order valence-corrected chi connectivity index (χ1v) is 4.97. The maximum absolute atomic E-state index is 6.00. The molecule has 0 heterocycles. The molecule has 0 fully saturated rings. The molecule has 0 saturated heterocycles. The van der Waals surface area contributed by atoms with Gasteiger partial charge in [-0.3, -0.25) is 0 Å². The van der Waals surface area contributed by atoms with Gasteiger partial charge in [0.25, 0.3) is 0 Å². The largest absolute Gasteiger partial charge is 0.118 e. The van der Waals surface area contributed by atoms with Crippen LogP contribution in [-0.4, -0.2) is 0 Å². The highest BCUT2D eigenvalue weighted by atomic mass is 35.5. The molecule has 0 nitrogen and oxygen atoms in total. The van der Waals surface area contributed by atoms with Gasteiger partial charge in [-0.2, -0.15) is 0 Å². The monoisotopic (exact) mass is 180 g/mol. The molecule has 1 aliphatic rings. The quantitative estimate of drug-likeness (QED) is 0.581. The summed E-state index contributed by atoms with van der Waals surface area (Å²) in [4.78, 5) is 0. The number of rotatable bonds is 1. The fourth-order valence-electron chi connectivity index (χ4n) is 1.84. The molecule has 0 saturated carbocycles. The van der Waals surface area contributed by atoms with Gasteiger partial charge in [-0.1, -0.05) is 18.2 Å². The second-order valence-corrected chi connectivity index (χ2v) is 4.15. The fraction of sp³-hybridized carbons (Fsp3) is 0.455. The zero-order valence-corrected chi connectivity index (χ0v) is 8.06. The normalized spacial score (nSPS) is 17.5. The van der Waals surface area contributed by atoms with Crippen LogP contribution in [0.2, 0.25) is 0 Å². The van der Waals surface area contributed by atoms with Crippen LogP contribution < -0.4 is 0 Å². The molecule has 0 spiro atoms. The van der Waals surface area contributed by atoms with Gasteiger partial charge in [0.2, 0.25) is 0 Å². The van der Waals surface area contributed by atoms with E-state index in [-0.39, 0.29) is 5.38 Å². The van der Waals surface area contributed by atoms with Crippen LogP contribution in [0.1, 0.15) is 35.4 Å². The van der Waals surface area contributed by atoms with Crippen LogP contribution in [0.15, 0.2) is 18.2 Å². The summed E-state index contributed by atoms with van der Waals surface area (Å²) >= 11 is 6.00. The molecule has 0 aliphatic heterocycles. The first kappa shape index (κ1) is 8.12. The van der Waals surface area contributed by atoms with Gasteiger partial charge in [0.15, 0.2) is 0 Å². The van der Waals surface area contributed by atoms with E-state index in [1.165, 1.54) is 36.0 Å². The van der Waals surface area contributed by atoms with Gasteiger partial charge in [-0.25, -0.2) is 0 Å². The van der Waals surface area contributed by atoms with Gasteiger partial charge in [0.05, 0.1) is 5.38 Å². The van der Waals surface area contributed by atoms with Crippen molar-refractivity contribution in [2.75, 3.05) is 0 Å². The van der Waals surface area contributed by atoms with Crippen LogP contribution in [0, 0.1) is 0 Å². The number of aryl methyl sites for hydroxylation is 2. The Balaban J connectivity index is 2.39. The fourth-order valence-corrected chi connectivity index (χ4v) is 1.97. The average Bonchev–Trinajstić information content (AvgIpc) is 2.49. The topological polar surface area (TPSA) is 0 Å². The summed E-state index contributed by atoms with van der Waals surface area (Å²) in [6, 6.07) is 6.65. The van der Waals surface area contributed by atoms with Gasteiger partial charge < -0.3 is 0 Å². The van der Waals surface area contributed by atoms with E-state index in [1.54, 1.807) is 0 Å². The van der Waals surface area contributed by atoms with E-state index in [2.05, 4.69) is 18.2 Å². The zero-order valence-electron chi connectivity index (χ0n) is 7.31. The highest BCUT2D eigenvalue weighted by Crippen LogP contribution is 2.27. The lowest BCUT2D eigenvalue weighted by Gasteiger charge is -2.05. The molecule has 1 aromatic rings. The van der Waals surface area contributed by atoms with Crippen molar-refractivity contribution in [3.63, 3.8) is 0 Å². The molecule has 12 heavy (non-hydrogen) atoms. The highest BCUT2D eigenvalue weighted by Gasteiger charge is 2.11. The second kappa shape index (κ2) is 3.10. The lowest BCUT2D eigenvalue weighted by molar-refractivity contribution is 0.911. The van der Waals surface area contributed by atoms with Crippen molar-refractivity contribution in [3.05, 3.63) is 34.9 Å². The molecule has 0 unspecified atom stereocenters. The smallest absolute Gasteiger partial charge is 0.0557 e. The first-order chi connectivity index (χ1) is 5.77. The van der Waals surface area contributed by atoms with Crippen LogP contribution in [-0.2, 0) is 12.8 Å². The number of halogens is 1. The Labute approximate surface area is 78.6 Å². The predicted octanol–water partition coefficient (Wildman–Crippen LogP) is 3.48. The van der Waals surface area contributed by atoms with Crippen molar-refractivity contribution in [2.24, 2.45) is 0 Å². The number of hydrogen-bond donors (Lipinski definition) is 0. The number of fused-ring (bicyclic) bond motifs is 1. The number of hydrogen-bond acceptors (Lipinski definition) is 0. The minimum absolute atomic E-state index is 0.149. The Bertz CT molecular complexity index is 289. The maximum Gasteiger partial charge on any atom is 0.0557 e. The average molecular weight is 181 g/mol. The molecule has 1 aromatic carbocycles. The zero-order chi connectivity index (χ0) is 8.55. The van der Waals surface area contributed by atoms with Gasteiger partial charge in [0, 0.05) is 0 Å². The van der Waals surface area contributed by atoms with Gasteiger partial charge >= 0.3 is 0 Å². The van der Waals surface area contributed by atoms with E-state index in [0.717, 1.165) is 0 Å². The summed E-state index contributed by atoms with van der Waals surface area (Å²) in [5.41, 5.74) is 4.30. The Morgan fingerprint density at radius 1 is 1.25 bits per heavy atom. The number of alkyl halides is 1. The molecule has 1 heteroatoms. The molecule has 2 rings (SSSR count). The third-order valence-electron chi connectivity index (χ3n) is 2.58. The predicted molar refractivity (Wildman–Crippen MR) is 52.7 cm³/mol. The molecule has 1 aliphatic carbocycles. The van der Waals surface area contributed by atoms with Crippen molar-refractivity contribution in [3.8, 4) is 0 Å². The van der Waals surface area contributed by atoms with Crippen molar-refractivity contribution < 1.29 is 0 Å². The SMILES string of the molecule is C[C@@H](Cl)c1ccc2c(c1)CCC2. The van der Waals surface area contributed by atoms with E-state index >= 15 is 0 Å². The summed E-state index contributed by atoms with van der Waals surface area (Å²) in [5.74, 6) is 0. The minimum atomic E-state index is 0.149. The molecular weight excluding hydrogens is 168 g/mol. The summed E-state index contributed by atoms with van der Waals surface area (Å²) in [5, 5.41) is 0.149. The lowest BCUT2D eigenvalue weighted by atomic mass is 10.1. The summed E-state index contributed by atoms with van der Waals surface area (Å²) in [6.45, 7) is 2.03. The van der Waals surface area contributed by atoms with E-state index in [4.69, 9.17) is 11.6 Å². The second-order valence-electron chi connectivity index (χ2n) is 3.50. The van der Waals surface area contributed by atoms with Crippen LogP contribution in [0.5, 0.6) is 0 Å². The van der Waals surface area contributed by atoms with E-state index < -0.39 is 0 Å². The standard InChI is InChI=1S/C11H13Cl/c1-8(12)10-6-5-9-3-2-4-11(9)7-10/h5-8H,2-4H2,1H3/t8-/m1/s1. The van der Waals surface area contributed by atoms with Crippen LogP contribution >= 0.6 is 11.6 Å². The molecule has 1 atom stereocenters. The highest BCUT2D eigenvalue weighted by molar-refractivity contribution is 6.20. The third kappa shape index (κ3) is 1.36. The molecule has 0 N–H and O–H groups in total. The molecular formula is C11H13Cl. The Kier molecular flexibility index (Phi) is 2.10. The maximum atomic E-state index is 6.00. The Morgan fingerprint density at radius 2 is 2.00 bits per heavy atom. The lowest BCUT2D eigenvalue weighted by Crippen LogP contribution is -1.88. The third-order valence-corrected chi connectivity index (χ3v) is 2.83. The van der Waals surface area contributed by atoms with Crippen molar-refractivity contribution in [1.29, 1.82) is 0 Å². The van der Waals surface area contributed by atoms with Gasteiger partial charge in [0.1, 0.15) is 0 Å². The molecule has 0 radical (unpaired) electrons. The Morgan fingerprint density at radius 3 is 2.75 bits per heavy atom. The van der Waals surface area contributed by atoms with Crippen LogP contribution in [0.4, 0.5) is 0 Å². The van der Waals surface area contributed by atoms with E-state index in [1.807, 2.05) is 6.92 Å². The van der Waals surface area contributed by atoms with Gasteiger partial charge in [-0.15, -0.1) is 11.6 Å². The summed E-state index contributed by atoms with van der Waals surface area (Å²) in [7, 11) is 0. The minimum Gasteiger partial charge on any atom is -0.118 e. The summed E-state index contributed by atoms with van der Waals surface area (Å²) in [6.07, 6.45) is 3.81. The molecule has 0 aromatic heterocycles.